The Kier molecular flexibility index (Phi) is 3.86. The van der Waals surface area contributed by atoms with Crippen LogP contribution in [0.15, 0.2) is 40.0 Å². The van der Waals surface area contributed by atoms with Crippen molar-refractivity contribution in [3.63, 3.8) is 0 Å². The molecule has 2 aromatic rings. The van der Waals surface area contributed by atoms with Crippen LogP contribution in [0.25, 0.3) is 0 Å². The first-order chi connectivity index (χ1) is 11.2. The van der Waals surface area contributed by atoms with Gasteiger partial charge in [-0.1, -0.05) is 0 Å². The molecule has 0 saturated carbocycles. The van der Waals surface area contributed by atoms with Gasteiger partial charge in [0.25, 0.3) is 0 Å². The van der Waals surface area contributed by atoms with Gasteiger partial charge in [-0.2, -0.15) is 5.26 Å². The van der Waals surface area contributed by atoms with Crippen molar-refractivity contribution >= 4 is 25.8 Å². The van der Waals surface area contributed by atoms with Crippen molar-refractivity contribution in [2.24, 2.45) is 0 Å². The third kappa shape index (κ3) is 2.30. The number of rotatable bonds is 2. The Hall–Kier alpha value is -2.02. The lowest BCUT2D eigenvalue weighted by Crippen LogP contribution is -2.30. The van der Waals surface area contributed by atoms with E-state index in [0.717, 1.165) is 6.92 Å². The molecular formula is C15H10BrFN2O4S. The molecule has 0 saturated heterocycles. The zero-order valence-electron chi connectivity index (χ0n) is 12.2. The van der Waals surface area contributed by atoms with Gasteiger partial charge in [0.05, 0.1) is 21.1 Å². The Morgan fingerprint density at radius 2 is 2.17 bits per heavy atom. The van der Waals surface area contributed by atoms with Crippen molar-refractivity contribution in [3.05, 3.63) is 46.2 Å². The number of nitrogens with zero attached hydrogens (tertiary/aromatic N) is 2. The van der Waals surface area contributed by atoms with E-state index in [2.05, 4.69) is 20.9 Å². The van der Waals surface area contributed by atoms with E-state index < -0.39 is 20.9 Å². The smallest absolute Gasteiger partial charge is 0.242 e. The van der Waals surface area contributed by atoms with E-state index in [1.165, 1.54) is 30.6 Å². The molecule has 1 aromatic carbocycles. The number of aliphatic hydroxyl groups is 1. The van der Waals surface area contributed by atoms with E-state index in [1.54, 1.807) is 0 Å². The number of aromatic nitrogens is 1. The van der Waals surface area contributed by atoms with Gasteiger partial charge in [0.2, 0.25) is 14.8 Å². The second-order valence-corrected chi connectivity index (χ2v) is 8.34. The van der Waals surface area contributed by atoms with Crippen molar-refractivity contribution in [2.75, 3.05) is 0 Å². The fourth-order valence-corrected chi connectivity index (χ4v) is 4.77. The monoisotopic (exact) mass is 412 g/mol. The molecule has 1 aromatic heterocycles. The molecule has 1 aliphatic rings. The Labute approximate surface area is 145 Å². The summed E-state index contributed by atoms with van der Waals surface area (Å²) in [5, 5.41) is 16.1. The molecule has 1 N–H and O–H groups in total. The van der Waals surface area contributed by atoms with Gasteiger partial charge in [-0.25, -0.2) is 12.8 Å². The summed E-state index contributed by atoms with van der Waals surface area (Å²) in [6, 6.07) is 5.88. The van der Waals surface area contributed by atoms with Crippen molar-refractivity contribution < 1.29 is 22.7 Å². The molecule has 2 heterocycles. The zero-order valence-corrected chi connectivity index (χ0v) is 14.6. The standard InChI is InChI=1S/C15H10BrFN2O4S/c1-15(17)14(20)12-11(24(15,21)22)3-2-10(13(12)16)23-9-4-8(5-18)6-19-7-9/h2-4,6-7,14,20H,1H3/t14-,15?/m1/s1. The molecule has 6 nitrogen and oxygen atoms in total. The topological polar surface area (TPSA) is 100 Å². The van der Waals surface area contributed by atoms with Crippen LogP contribution in [-0.2, 0) is 9.84 Å². The predicted octanol–water partition coefficient (Wildman–Crippen LogP) is 3.01. The van der Waals surface area contributed by atoms with Gasteiger partial charge in [0.15, 0.2) is 0 Å². The molecule has 24 heavy (non-hydrogen) atoms. The van der Waals surface area contributed by atoms with Gasteiger partial charge >= 0.3 is 0 Å². The molecule has 0 aliphatic carbocycles. The average Bonchev–Trinajstić information content (AvgIpc) is 2.68. The lowest BCUT2D eigenvalue weighted by atomic mass is 10.1. The van der Waals surface area contributed by atoms with Crippen LogP contribution in [0.1, 0.15) is 24.2 Å². The van der Waals surface area contributed by atoms with Crippen LogP contribution in [0.5, 0.6) is 11.5 Å². The summed E-state index contributed by atoms with van der Waals surface area (Å²) in [6.07, 6.45) is 0.876. The lowest BCUT2D eigenvalue weighted by molar-refractivity contribution is 0.0643. The second-order valence-electron chi connectivity index (χ2n) is 5.30. The zero-order chi connectivity index (χ0) is 17.7. The first-order valence-electron chi connectivity index (χ1n) is 6.67. The Balaban J connectivity index is 2.09. The quantitative estimate of drug-likeness (QED) is 0.813. The molecule has 2 atom stereocenters. The number of pyridine rings is 1. The van der Waals surface area contributed by atoms with Gasteiger partial charge in [-0.3, -0.25) is 4.98 Å². The summed E-state index contributed by atoms with van der Waals surface area (Å²) in [6.45, 7) is 0.820. The molecule has 9 heteroatoms. The number of halogens is 2. The lowest BCUT2D eigenvalue weighted by Gasteiger charge is -2.17. The van der Waals surface area contributed by atoms with Gasteiger partial charge in [-0.05, 0) is 35.0 Å². The van der Waals surface area contributed by atoms with Crippen LogP contribution in [-0.4, -0.2) is 23.5 Å². The van der Waals surface area contributed by atoms with E-state index in [4.69, 9.17) is 10.00 Å². The molecule has 0 radical (unpaired) electrons. The first kappa shape index (κ1) is 16.8. The minimum Gasteiger partial charge on any atom is -0.455 e. The second kappa shape index (κ2) is 5.51. The van der Waals surface area contributed by atoms with Gasteiger partial charge in [0, 0.05) is 17.8 Å². The van der Waals surface area contributed by atoms with Crippen LogP contribution in [0.2, 0.25) is 0 Å². The molecule has 1 unspecified atom stereocenters. The summed E-state index contributed by atoms with van der Waals surface area (Å²) in [4.78, 5) is 3.56. The van der Waals surface area contributed by atoms with Crippen molar-refractivity contribution in [3.8, 4) is 17.6 Å². The maximum Gasteiger partial charge on any atom is 0.242 e. The average molecular weight is 413 g/mol. The van der Waals surface area contributed by atoms with Gasteiger partial charge < -0.3 is 9.84 Å². The summed E-state index contributed by atoms with van der Waals surface area (Å²) in [5.74, 6) is 0.408. The summed E-state index contributed by atoms with van der Waals surface area (Å²) < 4.78 is 44.5. The third-order valence-corrected chi connectivity index (χ3v) is 6.78. The molecule has 0 spiro atoms. The Bertz CT molecular complexity index is 985. The SMILES string of the molecule is CC1(F)[C@H](O)c2c(ccc(Oc3cncc(C#N)c3)c2Br)S1(=O)=O. The predicted molar refractivity (Wildman–Crippen MR) is 84.8 cm³/mol. The minimum atomic E-state index is -4.31. The Morgan fingerprint density at radius 3 is 2.83 bits per heavy atom. The summed E-state index contributed by atoms with van der Waals surface area (Å²) in [5.41, 5.74) is 0.186. The number of nitriles is 1. The fraction of sp³-hybridized carbons (Fsp3) is 0.200. The highest BCUT2D eigenvalue weighted by Gasteiger charge is 2.56. The summed E-state index contributed by atoms with van der Waals surface area (Å²) >= 11 is 3.17. The summed E-state index contributed by atoms with van der Waals surface area (Å²) in [7, 11) is -4.31. The number of alkyl halides is 1. The molecule has 124 valence electrons. The molecule has 0 amide bonds. The number of sulfone groups is 1. The molecule has 0 bridgehead atoms. The molecule has 1 aliphatic heterocycles. The van der Waals surface area contributed by atoms with E-state index in [9.17, 15) is 17.9 Å². The van der Waals surface area contributed by atoms with Gasteiger partial charge in [0.1, 0.15) is 23.7 Å². The van der Waals surface area contributed by atoms with Crippen LogP contribution in [0.3, 0.4) is 0 Å². The molecular weight excluding hydrogens is 403 g/mol. The van der Waals surface area contributed by atoms with Crippen molar-refractivity contribution in [1.29, 1.82) is 5.26 Å². The van der Waals surface area contributed by atoms with Crippen molar-refractivity contribution in [1.82, 2.24) is 4.98 Å². The highest BCUT2D eigenvalue weighted by Crippen LogP contribution is 2.52. The number of benzene rings is 1. The number of fused-ring (bicyclic) bond motifs is 1. The highest BCUT2D eigenvalue weighted by molar-refractivity contribution is 9.10. The fourth-order valence-electron chi connectivity index (χ4n) is 2.41. The van der Waals surface area contributed by atoms with Crippen LogP contribution in [0.4, 0.5) is 4.39 Å². The third-order valence-electron chi connectivity index (χ3n) is 3.75. The van der Waals surface area contributed by atoms with Crippen LogP contribution in [0, 0.1) is 11.3 Å². The first-order valence-corrected chi connectivity index (χ1v) is 8.94. The minimum absolute atomic E-state index is 0.0955. The van der Waals surface area contributed by atoms with Crippen LogP contribution >= 0.6 is 15.9 Å². The highest BCUT2D eigenvalue weighted by atomic mass is 79.9. The largest absolute Gasteiger partial charge is 0.455 e. The maximum absolute atomic E-state index is 14.5. The number of hydrogen-bond donors (Lipinski definition) is 1. The maximum atomic E-state index is 14.5. The molecule has 0 fully saturated rings. The number of aliphatic hydroxyl groups excluding tert-OH is 1. The van der Waals surface area contributed by atoms with Crippen molar-refractivity contribution in [2.45, 2.75) is 22.9 Å². The Morgan fingerprint density at radius 1 is 1.46 bits per heavy atom. The van der Waals surface area contributed by atoms with Crippen LogP contribution < -0.4 is 4.74 Å². The van der Waals surface area contributed by atoms with Gasteiger partial charge in [-0.15, -0.1) is 0 Å². The number of hydrogen-bond acceptors (Lipinski definition) is 6. The molecule has 3 rings (SSSR count). The normalized spacial score (nSPS) is 24.2. The van der Waals surface area contributed by atoms with E-state index in [-0.39, 0.29) is 32.0 Å². The van der Waals surface area contributed by atoms with E-state index in [1.807, 2.05) is 6.07 Å². The van der Waals surface area contributed by atoms with E-state index >= 15 is 0 Å². The van der Waals surface area contributed by atoms with E-state index in [0.29, 0.717) is 0 Å². The number of ether oxygens (including phenoxy) is 1.